The van der Waals surface area contributed by atoms with E-state index < -0.39 is 0 Å². The first kappa shape index (κ1) is 18.6. The third kappa shape index (κ3) is 11.1. The number of methoxy groups -OCH3 is 1. The molecule has 0 saturated carbocycles. The maximum atomic E-state index is 5.58. The van der Waals surface area contributed by atoms with E-state index in [9.17, 15) is 0 Å². The van der Waals surface area contributed by atoms with Gasteiger partial charge in [-0.05, 0) is 11.8 Å². The molecule has 4 heteroatoms. The Hall–Kier alpha value is -0.420. The Balaban J connectivity index is 3.57. The maximum Gasteiger partial charge on any atom is 0.0701 e. The normalized spacial score (nSPS) is 14.6. The molecule has 0 saturated heterocycles. The molecule has 1 N–H and O–H groups in total. The number of nitrogens with one attached hydrogen (secondary N) is 1. The third-order valence-corrected chi connectivity index (χ3v) is 3.03. The fraction of sp³-hybridized carbons (Fsp3) is 0.867. The minimum atomic E-state index is 0.0845. The highest BCUT2D eigenvalue weighted by molar-refractivity contribution is 4.93. The zero-order valence-corrected chi connectivity index (χ0v) is 13.0. The molecule has 0 radical (unpaired) electrons. The third-order valence-electron chi connectivity index (χ3n) is 3.03. The molecular weight excluding hydrogens is 242 g/mol. The molecule has 0 fully saturated rings. The Bertz CT molecular complexity index is 221. The molecule has 0 aliphatic carbocycles. The van der Waals surface area contributed by atoms with Gasteiger partial charge in [0.15, 0.2) is 0 Å². The summed E-state index contributed by atoms with van der Waals surface area (Å²) in [5.74, 6) is 0. The fourth-order valence-corrected chi connectivity index (χ4v) is 1.47. The van der Waals surface area contributed by atoms with Gasteiger partial charge in [0.05, 0.1) is 26.4 Å². The minimum absolute atomic E-state index is 0.0845. The van der Waals surface area contributed by atoms with Crippen molar-refractivity contribution in [3.63, 3.8) is 0 Å². The molecule has 1 unspecified atom stereocenters. The van der Waals surface area contributed by atoms with Gasteiger partial charge in [0.2, 0.25) is 0 Å². The van der Waals surface area contributed by atoms with E-state index in [4.69, 9.17) is 14.2 Å². The number of hydrogen-bond acceptors (Lipinski definition) is 4. The Morgan fingerprint density at radius 3 is 2.21 bits per heavy atom. The Kier molecular flexibility index (Phi) is 11.2. The van der Waals surface area contributed by atoms with Crippen molar-refractivity contribution in [1.29, 1.82) is 0 Å². The summed E-state index contributed by atoms with van der Waals surface area (Å²) >= 11 is 0. The van der Waals surface area contributed by atoms with Crippen LogP contribution in [0.1, 0.15) is 27.2 Å². The van der Waals surface area contributed by atoms with Crippen LogP contribution in [-0.4, -0.2) is 52.7 Å². The molecule has 0 rings (SSSR count). The van der Waals surface area contributed by atoms with Gasteiger partial charge in [-0.1, -0.05) is 26.8 Å². The summed E-state index contributed by atoms with van der Waals surface area (Å²) in [6.45, 7) is 14.6. The van der Waals surface area contributed by atoms with Gasteiger partial charge in [0, 0.05) is 26.3 Å². The average Bonchev–Trinajstić information content (AvgIpc) is 2.39. The summed E-state index contributed by atoms with van der Waals surface area (Å²) < 4.78 is 15.8. The van der Waals surface area contributed by atoms with Gasteiger partial charge in [-0.15, -0.1) is 6.58 Å². The lowest BCUT2D eigenvalue weighted by Gasteiger charge is -2.27. The highest BCUT2D eigenvalue weighted by Gasteiger charge is 2.19. The minimum Gasteiger partial charge on any atom is -0.382 e. The van der Waals surface area contributed by atoms with Crippen molar-refractivity contribution in [3.8, 4) is 0 Å². The molecule has 0 aromatic carbocycles. The zero-order valence-electron chi connectivity index (χ0n) is 13.0. The Labute approximate surface area is 118 Å². The molecule has 114 valence electrons. The van der Waals surface area contributed by atoms with E-state index in [-0.39, 0.29) is 5.41 Å². The fourth-order valence-electron chi connectivity index (χ4n) is 1.47. The lowest BCUT2D eigenvalue weighted by molar-refractivity contribution is 0.0198. The standard InChI is InChI=1S/C15H31NO3/c1-6-15(4,13-16-14(2)3)7-8-18-11-12-19-10-9-17-5/h6,14,16H,1,7-13H2,2-5H3. The van der Waals surface area contributed by atoms with Gasteiger partial charge in [-0.25, -0.2) is 0 Å². The summed E-state index contributed by atoms with van der Waals surface area (Å²) in [4.78, 5) is 0. The van der Waals surface area contributed by atoms with Gasteiger partial charge in [-0.3, -0.25) is 0 Å². The van der Waals surface area contributed by atoms with Crippen LogP contribution in [0.25, 0.3) is 0 Å². The average molecular weight is 273 g/mol. The quantitative estimate of drug-likeness (QED) is 0.413. The summed E-state index contributed by atoms with van der Waals surface area (Å²) in [5, 5.41) is 3.45. The van der Waals surface area contributed by atoms with Crippen LogP contribution in [0.4, 0.5) is 0 Å². The van der Waals surface area contributed by atoms with Crippen LogP contribution in [0.2, 0.25) is 0 Å². The molecule has 0 aromatic heterocycles. The monoisotopic (exact) mass is 273 g/mol. The number of ether oxygens (including phenoxy) is 3. The van der Waals surface area contributed by atoms with Crippen LogP contribution in [0.5, 0.6) is 0 Å². The molecule has 0 bridgehead atoms. The number of rotatable bonds is 13. The second kappa shape index (κ2) is 11.4. The van der Waals surface area contributed by atoms with E-state index in [1.165, 1.54) is 0 Å². The van der Waals surface area contributed by atoms with Gasteiger partial charge in [0.1, 0.15) is 0 Å². The maximum absolute atomic E-state index is 5.58. The molecule has 0 spiro atoms. The first-order chi connectivity index (χ1) is 9.04. The summed E-state index contributed by atoms with van der Waals surface area (Å²) in [6.07, 6.45) is 2.98. The van der Waals surface area contributed by atoms with Crippen molar-refractivity contribution in [2.75, 3.05) is 46.7 Å². The largest absolute Gasteiger partial charge is 0.382 e. The SMILES string of the molecule is C=CC(C)(CCOCCOCCOC)CNC(C)C. The van der Waals surface area contributed by atoms with Crippen LogP contribution in [-0.2, 0) is 14.2 Å². The highest BCUT2D eigenvalue weighted by atomic mass is 16.5. The topological polar surface area (TPSA) is 39.7 Å². The van der Waals surface area contributed by atoms with Crippen molar-refractivity contribution in [2.45, 2.75) is 33.2 Å². The molecule has 1 atom stereocenters. The number of hydrogen-bond donors (Lipinski definition) is 1. The Morgan fingerprint density at radius 1 is 1.11 bits per heavy atom. The van der Waals surface area contributed by atoms with Gasteiger partial charge in [-0.2, -0.15) is 0 Å². The lowest BCUT2D eigenvalue weighted by atomic mass is 9.87. The highest BCUT2D eigenvalue weighted by Crippen LogP contribution is 2.21. The molecule has 0 amide bonds. The molecule has 4 nitrogen and oxygen atoms in total. The smallest absolute Gasteiger partial charge is 0.0701 e. The molecule has 0 aromatic rings. The van der Waals surface area contributed by atoms with Crippen LogP contribution in [0, 0.1) is 5.41 Å². The first-order valence-electron chi connectivity index (χ1n) is 7.05. The van der Waals surface area contributed by atoms with Crippen molar-refractivity contribution in [3.05, 3.63) is 12.7 Å². The lowest BCUT2D eigenvalue weighted by Crippen LogP contribution is -2.35. The molecule has 0 aliphatic rings. The molecule has 0 heterocycles. The van der Waals surface area contributed by atoms with E-state index in [0.717, 1.165) is 19.6 Å². The van der Waals surface area contributed by atoms with E-state index in [1.54, 1.807) is 7.11 Å². The van der Waals surface area contributed by atoms with E-state index in [0.29, 0.717) is 32.5 Å². The van der Waals surface area contributed by atoms with Crippen molar-refractivity contribution in [2.24, 2.45) is 5.41 Å². The van der Waals surface area contributed by atoms with E-state index in [1.807, 2.05) is 6.08 Å². The van der Waals surface area contributed by atoms with Crippen LogP contribution in [0.15, 0.2) is 12.7 Å². The van der Waals surface area contributed by atoms with E-state index >= 15 is 0 Å². The Morgan fingerprint density at radius 2 is 1.68 bits per heavy atom. The molecule has 19 heavy (non-hydrogen) atoms. The second-order valence-electron chi connectivity index (χ2n) is 5.36. The first-order valence-corrected chi connectivity index (χ1v) is 7.05. The predicted molar refractivity (Wildman–Crippen MR) is 79.6 cm³/mol. The van der Waals surface area contributed by atoms with E-state index in [2.05, 4.69) is 32.7 Å². The van der Waals surface area contributed by atoms with Crippen LogP contribution < -0.4 is 5.32 Å². The summed E-state index contributed by atoms with van der Waals surface area (Å²) in [7, 11) is 1.67. The summed E-state index contributed by atoms with van der Waals surface area (Å²) in [6, 6.07) is 0.495. The summed E-state index contributed by atoms with van der Waals surface area (Å²) in [5.41, 5.74) is 0.0845. The second-order valence-corrected chi connectivity index (χ2v) is 5.36. The predicted octanol–water partition coefficient (Wildman–Crippen LogP) is 2.25. The van der Waals surface area contributed by atoms with Gasteiger partial charge >= 0.3 is 0 Å². The van der Waals surface area contributed by atoms with Crippen molar-refractivity contribution < 1.29 is 14.2 Å². The van der Waals surface area contributed by atoms with Crippen LogP contribution in [0.3, 0.4) is 0 Å². The van der Waals surface area contributed by atoms with Gasteiger partial charge in [0.25, 0.3) is 0 Å². The molecule has 0 aliphatic heterocycles. The molecular formula is C15H31NO3. The van der Waals surface area contributed by atoms with Crippen LogP contribution >= 0.6 is 0 Å². The van der Waals surface area contributed by atoms with Gasteiger partial charge < -0.3 is 19.5 Å². The van der Waals surface area contributed by atoms with Crippen molar-refractivity contribution >= 4 is 0 Å². The zero-order chi connectivity index (χ0) is 14.6. The van der Waals surface area contributed by atoms with Crippen molar-refractivity contribution in [1.82, 2.24) is 5.32 Å².